The van der Waals surface area contributed by atoms with Crippen LogP contribution in [0.5, 0.6) is 5.75 Å². The first-order valence-corrected chi connectivity index (χ1v) is 9.54. The molecule has 1 aliphatic rings. The van der Waals surface area contributed by atoms with Gasteiger partial charge in [-0.1, -0.05) is 34.1 Å². The number of urea groups is 1. The van der Waals surface area contributed by atoms with E-state index < -0.39 is 24.5 Å². The van der Waals surface area contributed by atoms with E-state index in [1.165, 1.54) is 13.2 Å². The lowest BCUT2D eigenvalue weighted by Crippen LogP contribution is -2.36. The zero-order chi connectivity index (χ0) is 21.7. The third kappa shape index (κ3) is 4.67. The number of halogens is 1. The van der Waals surface area contributed by atoms with Gasteiger partial charge in [0.2, 0.25) is 0 Å². The first-order chi connectivity index (χ1) is 14.4. The highest BCUT2D eigenvalue weighted by Gasteiger charge is 2.35. The van der Waals surface area contributed by atoms with Gasteiger partial charge in [-0.05, 0) is 30.3 Å². The van der Waals surface area contributed by atoms with Crippen molar-refractivity contribution in [2.45, 2.75) is 6.61 Å². The minimum Gasteiger partial charge on any atom is -0.488 e. The number of nitrogens with one attached hydrogen (secondary N) is 1. The summed E-state index contributed by atoms with van der Waals surface area (Å²) in [5.74, 6) is -0.902. The number of methoxy groups -OCH3 is 1. The highest BCUT2D eigenvalue weighted by Crippen LogP contribution is 2.27. The zero-order valence-electron chi connectivity index (χ0n) is 15.8. The van der Waals surface area contributed by atoms with Crippen molar-refractivity contribution in [3.8, 4) is 11.8 Å². The Hall–Kier alpha value is -3.64. The summed E-state index contributed by atoms with van der Waals surface area (Å²) in [6.45, 7) is -0.332. The van der Waals surface area contributed by atoms with Gasteiger partial charge in [0, 0.05) is 15.6 Å². The molecule has 8 nitrogen and oxygen atoms in total. The molecule has 0 radical (unpaired) electrons. The molecule has 0 bridgehead atoms. The predicted molar refractivity (Wildman–Crippen MR) is 110 cm³/mol. The molecule has 0 atom stereocenters. The number of amides is 3. The van der Waals surface area contributed by atoms with Gasteiger partial charge in [0.25, 0.3) is 5.91 Å². The SMILES string of the molecule is COC(=O)CN1C(=O)N/C(=C/c2cc(Br)ccc2OCc2ccccc2C#N)C1=O. The summed E-state index contributed by atoms with van der Waals surface area (Å²) >= 11 is 3.37. The van der Waals surface area contributed by atoms with Crippen molar-refractivity contribution in [2.24, 2.45) is 0 Å². The van der Waals surface area contributed by atoms with E-state index in [1.807, 2.05) is 6.07 Å². The maximum absolute atomic E-state index is 12.5. The Balaban J connectivity index is 1.85. The number of benzene rings is 2. The molecule has 0 unspecified atom stereocenters. The largest absolute Gasteiger partial charge is 0.488 e. The van der Waals surface area contributed by atoms with Crippen molar-refractivity contribution in [3.05, 3.63) is 69.3 Å². The van der Waals surface area contributed by atoms with E-state index in [-0.39, 0.29) is 12.3 Å². The van der Waals surface area contributed by atoms with Crippen LogP contribution in [0.15, 0.2) is 52.6 Å². The lowest BCUT2D eigenvalue weighted by Gasteiger charge is -2.11. The van der Waals surface area contributed by atoms with E-state index >= 15 is 0 Å². The Bertz CT molecular complexity index is 1090. The third-order valence-corrected chi connectivity index (χ3v) is 4.76. The van der Waals surface area contributed by atoms with E-state index in [4.69, 9.17) is 4.74 Å². The van der Waals surface area contributed by atoms with Crippen LogP contribution >= 0.6 is 15.9 Å². The van der Waals surface area contributed by atoms with Gasteiger partial charge in [-0.2, -0.15) is 5.26 Å². The van der Waals surface area contributed by atoms with Crippen LogP contribution in [0, 0.1) is 11.3 Å². The lowest BCUT2D eigenvalue weighted by atomic mass is 10.1. The van der Waals surface area contributed by atoms with Crippen LogP contribution in [-0.2, 0) is 20.9 Å². The second-order valence-electron chi connectivity index (χ2n) is 6.20. The average molecular weight is 470 g/mol. The van der Waals surface area contributed by atoms with Crippen LogP contribution in [0.25, 0.3) is 6.08 Å². The molecule has 30 heavy (non-hydrogen) atoms. The fourth-order valence-corrected chi connectivity index (χ4v) is 3.12. The Morgan fingerprint density at radius 1 is 1.27 bits per heavy atom. The lowest BCUT2D eigenvalue weighted by molar-refractivity contribution is -0.143. The van der Waals surface area contributed by atoms with Crippen molar-refractivity contribution in [1.82, 2.24) is 10.2 Å². The number of imide groups is 1. The Morgan fingerprint density at radius 3 is 2.77 bits per heavy atom. The molecule has 152 valence electrons. The predicted octanol–water partition coefficient (Wildman–Crippen LogP) is 2.97. The summed E-state index contributed by atoms with van der Waals surface area (Å²) in [4.78, 5) is 36.7. The van der Waals surface area contributed by atoms with Crippen molar-refractivity contribution in [2.75, 3.05) is 13.7 Å². The number of nitrogens with zero attached hydrogens (tertiary/aromatic N) is 2. The normalized spacial score (nSPS) is 14.4. The minimum atomic E-state index is -0.711. The Labute approximate surface area is 180 Å². The molecule has 3 rings (SSSR count). The van der Waals surface area contributed by atoms with Crippen molar-refractivity contribution in [1.29, 1.82) is 5.26 Å². The molecule has 9 heteroatoms. The summed E-state index contributed by atoms with van der Waals surface area (Å²) in [6, 6.07) is 13.7. The number of carbonyl (C=O) groups excluding carboxylic acids is 3. The van der Waals surface area contributed by atoms with Crippen LogP contribution < -0.4 is 10.1 Å². The molecule has 0 aliphatic carbocycles. The summed E-state index contributed by atoms with van der Waals surface area (Å²) in [6.07, 6.45) is 1.47. The maximum Gasteiger partial charge on any atom is 0.329 e. The van der Waals surface area contributed by atoms with Gasteiger partial charge in [-0.15, -0.1) is 0 Å². The molecule has 0 spiro atoms. The number of esters is 1. The average Bonchev–Trinajstić information content (AvgIpc) is 3.00. The molecule has 1 heterocycles. The second-order valence-corrected chi connectivity index (χ2v) is 7.11. The molecule has 2 aromatic rings. The number of carbonyl (C=O) groups is 3. The molecule has 1 N–H and O–H groups in total. The van der Waals surface area contributed by atoms with Crippen molar-refractivity contribution >= 4 is 39.9 Å². The quantitative estimate of drug-likeness (QED) is 0.395. The zero-order valence-corrected chi connectivity index (χ0v) is 17.4. The number of rotatable bonds is 6. The summed E-state index contributed by atoms with van der Waals surface area (Å²) < 4.78 is 11.1. The molecule has 1 saturated heterocycles. The number of hydrogen-bond acceptors (Lipinski definition) is 6. The fourth-order valence-electron chi connectivity index (χ4n) is 2.74. The summed E-state index contributed by atoms with van der Waals surface area (Å²) in [5.41, 5.74) is 1.76. The van der Waals surface area contributed by atoms with Crippen molar-refractivity contribution < 1.29 is 23.9 Å². The molecule has 2 aromatic carbocycles. The van der Waals surface area contributed by atoms with E-state index in [2.05, 4.69) is 32.1 Å². The van der Waals surface area contributed by atoms with E-state index in [0.29, 0.717) is 16.9 Å². The molecule has 1 fully saturated rings. The van der Waals surface area contributed by atoms with E-state index in [0.717, 1.165) is 14.9 Å². The van der Waals surface area contributed by atoms with Gasteiger partial charge in [0.15, 0.2) is 0 Å². The van der Waals surface area contributed by atoms with Gasteiger partial charge in [-0.25, -0.2) is 9.69 Å². The van der Waals surface area contributed by atoms with Crippen molar-refractivity contribution in [3.63, 3.8) is 0 Å². The summed E-state index contributed by atoms with van der Waals surface area (Å²) in [5, 5.41) is 11.7. The van der Waals surface area contributed by atoms with Gasteiger partial charge in [0.05, 0.1) is 18.7 Å². The first kappa shape index (κ1) is 21.1. The standard InChI is InChI=1S/C21H16BrN3O5/c1-29-19(26)11-25-20(27)17(24-21(25)28)9-15-8-16(22)6-7-18(15)30-12-14-5-3-2-4-13(14)10-23/h2-9H,11-12H2,1H3,(H,24,28)/b17-9+. The van der Waals surface area contributed by atoms with Crippen LogP contribution in [0.3, 0.4) is 0 Å². The van der Waals surface area contributed by atoms with E-state index in [9.17, 15) is 19.6 Å². The number of ether oxygens (including phenoxy) is 2. The van der Waals surface area contributed by atoms with Gasteiger partial charge >= 0.3 is 12.0 Å². The molecule has 0 aromatic heterocycles. The van der Waals surface area contributed by atoms with E-state index in [1.54, 1.807) is 36.4 Å². The van der Waals surface area contributed by atoms with Gasteiger partial charge in [0.1, 0.15) is 24.6 Å². The highest BCUT2D eigenvalue weighted by molar-refractivity contribution is 9.10. The monoisotopic (exact) mass is 469 g/mol. The second kappa shape index (κ2) is 9.24. The smallest absolute Gasteiger partial charge is 0.329 e. The number of hydrogen-bond donors (Lipinski definition) is 1. The summed E-state index contributed by atoms with van der Waals surface area (Å²) in [7, 11) is 1.17. The third-order valence-electron chi connectivity index (χ3n) is 4.27. The van der Waals surface area contributed by atoms with Gasteiger partial charge in [-0.3, -0.25) is 9.59 Å². The van der Waals surface area contributed by atoms with Crippen LogP contribution in [0.1, 0.15) is 16.7 Å². The first-order valence-electron chi connectivity index (χ1n) is 8.74. The number of nitriles is 1. The van der Waals surface area contributed by atoms with Gasteiger partial charge < -0.3 is 14.8 Å². The fraction of sp³-hybridized carbons (Fsp3) is 0.143. The Kier molecular flexibility index (Phi) is 6.49. The molecular weight excluding hydrogens is 454 g/mol. The van der Waals surface area contributed by atoms with Crippen LogP contribution in [0.4, 0.5) is 4.79 Å². The highest BCUT2D eigenvalue weighted by atomic mass is 79.9. The molecular formula is C21H16BrN3O5. The molecule has 0 saturated carbocycles. The molecule has 3 amide bonds. The molecule has 1 aliphatic heterocycles. The maximum atomic E-state index is 12.5. The Morgan fingerprint density at radius 2 is 2.03 bits per heavy atom. The van der Waals surface area contributed by atoms with Crippen LogP contribution in [0.2, 0.25) is 0 Å². The topological polar surface area (TPSA) is 109 Å². The minimum absolute atomic E-state index is 0.00396. The van der Waals surface area contributed by atoms with Crippen LogP contribution in [-0.4, -0.2) is 36.5 Å².